The van der Waals surface area contributed by atoms with Gasteiger partial charge in [0, 0.05) is 50.7 Å². The maximum absolute atomic E-state index is 13.0. The van der Waals surface area contributed by atoms with E-state index in [9.17, 15) is 18.3 Å². The number of aromatic carboxylic acids is 1. The summed E-state index contributed by atoms with van der Waals surface area (Å²) in [5, 5.41) is 16.9. The first kappa shape index (κ1) is 23.4. The predicted molar refractivity (Wildman–Crippen MR) is 129 cm³/mol. The molecule has 2 aromatic heterocycles. The average molecular weight is 498 g/mol. The molecule has 0 amide bonds. The molecule has 1 fully saturated rings. The van der Waals surface area contributed by atoms with Gasteiger partial charge in [0.2, 0.25) is 16.0 Å². The molecule has 0 radical (unpaired) electrons. The van der Waals surface area contributed by atoms with Crippen molar-refractivity contribution in [1.82, 2.24) is 29.0 Å². The van der Waals surface area contributed by atoms with Gasteiger partial charge >= 0.3 is 5.97 Å². The van der Waals surface area contributed by atoms with Gasteiger partial charge in [0.05, 0.1) is 16.3 Å². The van der Waals surface area contributed by atoms with E-state index in [0.29, 0.717) is 61.2 Å². The van der Waals surface area contributed by atoms with E-state index in [4.69, 9.17) is 0 Å². The van der Waals surface area contributed by atoms with E-state index in [0.717, 1.165) is 18.4 Å². The lowest BCUT2D eigenvalue weighted by Gasteiger charge is -2.31. The molecule has 2 aliphatic rings. The third kappa shape index (κ3) is 4.40. The molecule has 0 atom stereocenters. The monoisotopic (exact) mass is 497 g/mol. The first-order valence-electron chi connectivity index (χ1n) is 11.5. The molecule has 1 aliphatic carbocycles. The van der Waals surface area contributed by atoms with E-state index in [1.54, 1.807) is 42.2 Å². The molecule has 1 saturated heterocycles. The lowest BCUT2D eigenvalue weighted by molar-refractivity contribution is 0.0688. The number of sulfonamides is 1. The molecule has 0 spiro atoms. The van der Waals surface area contributed by atoms with Gasteiger partial charge in [-0.05, 0) is 56.1 Å². The van der Waals surface area contributed by atoms with E-state index in [1.807, 2.05) is 7.05 Å². The van der Waals surface area contributed by atoms with Crippen LogP contribution < -0.4 is 5.32 Å². The van der Waals surface area contributed by atoms with Crippen molar-refractivity contribution in [3.8, 4) is 11.4 Å². The van der Waals surface area contributed by atoms with Crippen LogP contribution in [0.15, 0.2) is 35.4 Å². The summed E-state index contributed by atoms with van der Waals surface area (Å²) in [6.45, 7) is 2.37. The highest BCUT2D eigenvalue weighted by atomic mass is 32.2. The van der Waals surface area contributed by atoms with Crippen LogP contribution in [0.4, 0.5) is 11.6 Å². The second-order valence-corrected chi connectivity index (χ2v) is 10.8. The van der Waals surface area contributed by atoms with Crippen molar-refractivity contribution < 1.29 is 18.3 Å². The molecule has 11 nitrogen and oxygen atoms in total. The third-order valence-electron chi connectivity index (χ3n) is 6.52. The Bertz CT molecular complexity index is 1380. The molecular weight excluding hydrogens is 470 g/mol. The normalized spacial score (nSPS) is 16.9. The van der Waals surface area contributed by atoms with Gasteiger partial charge in [0.15, 0.2) is 5.69 Å². The number of hydrogen-bond acceptors (Lipinski definition) is 8. The fourth-order valence-corrected chi connectivity index (χ4v) is 6.02. The maximum Gasteiger partial charge on any atom is 0.356 e. The molecule has 0 bridgehead atoms. The fraction of sp³-hybridized carbons (Fsp3) is 0.391. The van der Waals surface area contributed by atoms with Gasteiger partial charge in [-0.3, -0.25) is 4.68 Å². The van der Waals surface area contributed by atoms with Crippen molar-refractivity contribution in [1.29, 1.82) is 0 Å². The summed E-state index contributed by atoms with van der Waals surface area (Å²) in [6.07, 6.45) is 3.88. The van der Waals surface area contributed by atoms with Crippen molar-refractivity contribution in [3.63, 3.8) is 0 Å². The number of nitrogens with one attached hydrogen (secondary N) is 1. The van der Waals surface area contributed by atoms with E-state index in [1.165, 1.54) is 4.31 Å². The number of fused-ring (bicyclic) bond motifs is 3. The van der Waals surface area contributed by atoms with Gasteiger partial charge < -0.3 is 15.3 Å². The van der Waals surface area contributed by atoms with Gasteiger partial charge in [0.25, 0.3) is 0 Å². The van der Waals surface area contributed by atoms with Crippen molar-refractivity contribution in [3.05, 3.63) is 47.3 Å². The van der Waals surface area contributed by atoms with Crippen molar-refractivity contribution >= 4 is 27.6 Å². The number of likely N-dealkylation sites (N-methyl/N-ethyl adjacent to an activating group) is 1. The zero-order valence-electron chi connectivity index (χ0n) is 19.6. The van der Waals surface area contributed by atoms with Gasteiger partial charge in [-0.1, -0.05) is 0 Å². The summed E-state index contributed by atoms with van der Waals surface area (Å²) in [5.74, 6) is -0.714. The number of rotatable bonds is 5. The largest absolute Gasteiger partial charge is 0.476 e. The third-order valence-corrected chi connectivity index (χ3v) is 8.43. The van der Waals surface area contributed by atoms with Gasteiger partial charge in [-0.15, -0.1) is 0 Å². The Balaban J connectivity index is 1.40. The van der Waals surface area contributed by atoms with Crippen LogP contribution in [-0.4, -0.2) is 81.7 Å². The van der Waals surface area contributed by atoms with Gasteiger partial charge in [0.1, 0.15) is 0 Å². The summed E-state index contributed by atoms with van der Waals surface area (Å²) in [5.41, 5.74) is 3.67. The number of aryl methyl sites for hydroxylation is 2. The molecule has 3 heterocycles. The minimum Gasteiger partial charge on any atom is -0.476 e. The molecule has 12 heteroatoms. The van der Waals surface area contributed by atoms with Crippen LogP contribution in [0, 0.1) is 0 Å². The van der Waals surface area contributed by atoms with Crippen LogP contribution in [-0.2, 0) is 29.9 Å². The molecule has 0 saturated carbocycles. The number of benzene rings is 1. The van der Waals surface area contributed by atoms with Crippen LogP contribution in [0.5, 0.6) is 0 Å². The zero-order valence-corrected chi connectivity index (χ0v) is 20.4. The van der Waals surface area contributed by atoms with E-state index >= 15 is 0 Å². The minimum absolute atomic E-state index is 0.0561. The molecule has 3 aromatic rings. The number of carboxylic acids is 1. The first-order valence-corrected chi connectivity index (χ1v) is 12.9. The molecule has 35 heavy (non-hydrogen) atoms. The molecule has 184 valence electrons. The zero-order chi connectivity index (χ0) is 24.7. The standard InChI is InChI=1S/C23H27N7O4S/c1-28-10-12-30(13-11-28)35(33,34)17-8-6-16(7-9-17)25-23-24-14-15-4-3-5-18-20(22(31)32)27-29(2)21(18)19(15)26-23/h6-9,14H,3-5,10-13H2,1-2H3,(H,31,32)(H,24,25,26). The van der Waals surface area contributed by atoms with Crippen LogP contribution in [0.2, 0.25) is 0 Å². The lowest BCUT2D eigenvalue weighted by atomic mass is 10.1. The van der Waals surface area contributed by atoms with Crippen molar-refractivity contribution in [2.75, 3.05) is 38.5 Å². The quantitative estimate of drug-likeness (QED) is 0.541. The summed E-state index contributed by atoms with van der Waals surface area (Å²) in [4.78, 5) is 23.1. The first-order chi connectivity index (χ1) is 16.7. The fourth-order valence-electron chi connectivity index (χ4n) is 4.60. The SMILES string of the molecule is CN1CCN(S(=O)(=O)c2ccc(Nc3ncc4c(n3)-c3c(c(C(=O)O)nn3C)CCC4)cc2)CC1. The summed E-state index contributed by atoms with van der Waals surface area (Å²) in [6, 6.07) is 6.54. The minimum atomic E-state index is -3.54. The van der Waals surface area contributed by atoms with E-state index < -0.39 is 16.0 Å². The van der Waals surface area contributed by atoms with Crippen LogP contribution in [0.3, 0.4) is 0 Å². The number of nitrogens with zero attached hydrogens (tertiary/aromatic N) is 6. The van der Waals surface area contributed by atoms with Gasteiger partial charge in [-0.25, -0.2) is 23.2 Å². The summed E-state index contributed by atoms with van der Waals surface area (Å²) < 4.78 is 29.0. The number of carboxylic acid groups (broad SMARTS) is 1. The predicted octanol–water partition coefficient (Wildman–Crippen LogP) is 1.74. The second kappa shape index (κ2) is 9.02. The molecule has 0 unspecified atom stereocenters. The second-order valence-electron chi connectivity index (χ2n) is 8.88. The summed E-state index contributed by atoms with van der Waals surface area (Å²) in [7, 11) is 0.154. The Hall–Kier alpha value is -3.35. The number of piperazine rings is 1. The van der Waals surface area contributed by atoms with Crippen LogP contribution in [0.25, 0.3) is 11.4 Å². The van der Waals surface area contributed by atoms with E-state index in [-0.39, 0.29) is 10.6 Å². The highest BCUT2D eigenvalue weighted by Crippen LogP contribution is 2.33. The number of hydrogen-bond donors (Lipinski definition) is 2. The molecular formula is C23H27N7O4S. The number of carbonyl (C=O) groups is 1. The Morgan fingerprint density at radius 3 is 2.46 bits per heavy atom. The van der Waals surface area contributed by atoms with Crippen molar-refractivity contribution in [2.24, 2.45) is 7.05 Å². The summed E-state index contributed by atoms with van der Waals surface area (Å²) >= 11 is 0. The Morgan fingerprint density at radius 2 is 1.77 bits per heavy atom. The molecule has 5 rings (SSSR count). The van der Waals surface area contributed by atoms with Gasteiger partial charge in [-0.2, -0.15) is 9.40 Å². The highest BCUT2D eigenvalue weighted by molar-refractivity contribution is 7.89. The highest BCUT2D eigenvalue weighted by Gasteiger charge is 2.28. The smallest absolute Gasteiger partial charge is 0.356 e. The lowest BCUT2D eigenvalue weighted by Crippen LogP contribution is -2.46. The maximum atomic E-state index is 13.0. The van der Waals surface area contributed by atoms with Crippen LogP contribution >= 0.6 is 0 Å². The Kier molecular flexibility index (Phi) is 6.03. The average Bonchev–Trinajstić information content (AvgIpc) is 3.04. The number of aromatic nitrogens is 4. The Labute approximate surface area is 203 Å². The topological polar surface area (TPSA) is 134 Å². The van der Waals surface area contributed by atoms with E-state index in [2.05, 4.69) is 25.3 Å². The number of anilines is 2. The van der Waals surface area contributed by atoms with Crippen molar-refractivity contribution in [2.45, 2.75) is 24.2 Å². The molecule has 1 aromatic carbocycles. The van der Waals surface area contributed by atoms with Crippen LogP contribution in [0.1, 0.15) is 28.0 Å². The molecule has 1 aliphatic heterocycles. The Morgan fingerprint density at radius 1 is 1.06 bits per heavy atom. The molecule has 2 N–H and O–H groups in total.